The fraction of sp³-hybridized carbons (Fsp3) is 0.417. The molecule has 1 aliphatic rings. The molecule has 0 saturated carbocycles. The predicted molar refractivity (Wildman–Crippen MR) is 64.5 cm³/mol. The molecule has 4 heteroatoms. The molecule has 0 unspecified atom stereocenters. The number of nitrogens with zero attached hydrogens (tertiary/aromatic N) is 1. The van der Waals surface area contributed by atoms with Crippen molar-refractivity contribution in [2.45, 2.75) is 11.4 Å². The summed E-state index contributed by atoms with van der Waals surface area (Å²) in [5.41, 5.74) is 1.30. The fourth-order valence-corrected chi connectivity index (χ4v) is 2.82. The van der Waals surface area contributed by atoms with E-state index in [1.807, 2.05) is 17.8 Å². The van der Waals surface area contributed by atoms with Crippen LogP contribution in [0, 0.1) is 0 Å². The second kappa shape index (κ2) is 5.37. The second-order valence-electron chi connectivity index (χ2n) is 3.74. The van der Waals surface area contributed by atoms with E-state index in [1.165, 1.54) is 17.6 Å². The predicted octanol–water partition coefficient (Wildman–Crippen LogP) is 1.77. The SMILES string of the molecule is COC(=O)CN1CCSc2ccccc2C1. The molecule has 0 spiro atoms. The van der Waals surface area contributed by atoms with Crippen molar-refractivity contribution in [1.82, 2.24) is 4.90 Å². The first-order valence-electron chi connectivity index (χ1n) is 5.29. The van der Waals surface area contributed by atoms with Crippen molar-refractivity contribution >= 4 is 17.7 Å². The van der Waals surface area contributed by atoms with Gasteiger partial charge in [-0.1, -0.05) is 18.2 Å². The van der Waals surface area contributed by atoms with Gasteiger partial charge in [0.1, 0.15) is 0 Å². The van der Waals surface area contributed by atoms with E-state index in [4.69, 9.17) is 4.74 Å². The van der Waals surface area contributed by atoms with Crippen LogP contribution in [-0.2, 0) is 16.1 Å². The van der Waals surface area contributed by atoms with E-state index < -0.39 is 0 Å². The fourth-order valence-electron chi connectivity index (χ4n) is 1.76. The molecule has 16 heavy (non-hydrogen) atoms. The molecular weight excluding hydrogens is 222 g/mol. The molecule has 3 nitrogen and oxygen atoms in total. The quantitative estimate of drug-likeness (QED) is 0.733. The average molecular weight is 237 g/mol. The van der Waals surface area contributed by atoms with Crippen LogP contribution in [-0.4, -0.2) is 36.8 Å². The lowest BCUT2D eigenvalue weighted by atomic mass is 10.2. The van der Waals surface area contributed by atoms with Gasteiger partial charge in [0.05, 0.1) is 13.7 Å². The molecule has 0 atom stereocenters. The molecule has 0 aliphatic carbocycles. The third kappa shape index (κ3) is 2.77. The van der Waals surface area contributed by atoms with Crippen molar-refractivity contribution in [3.8, 4) is 0 Å². The van der Waals surface area contributed by atoms with Crippen LogP contribution < -0.4 is 0 Å². The summed E-state index contributed by atoms with van der Waals surface area (Å²) < 4.78 is 4.69. The van der Waals surface area contributed by atoms with E-state index in [9.17, 15) is 4.79 Å². The Kier molecular flexibility index (Phi) is 3.85. The maximum Gasteiger partial charge on any atom is 0.319 e. The second-order valence-corrected chi connectivity index (χ2v) is 4.88. The van der Waals surface area contributed by atoms with Crippen molar-refractivity contribution in [2.24, 2.45) is 0 Å². The zero-order chi connectivity index (χ0) is 11.4. The Morgan fingerprint density at radius 1 is 1.50 bits per heavy atom. The number of carbonyl (C=O) groups is 1. The Hall–Kier alpha value is -1.00. The van der Waals surface area contributed by atoms with Crippen LogP contribution in [0.1, 0.15) is 5.56 Å². The van der Waals surface area contributed by atoms with Gasteiger partial charge in [0, 0.05) is 23.7 Å². The molecule has 1 aromatic rings. The van der Waals surface area contributed by atoms with Crippen molar-refractivity contribution in [2.75, 3.05) is 26.0 Å². The zero-order valence-electron chi connectivity index (χ0n) is 9.31. The van der Waals surface area contributed by atoms with E-state index in [-0.39, 0.29) is 5.97 Å². The van der Waals surface area contributed by atoms with Gasteiger partial charge in [0.2, 0.25) is 0 Å². The van der Waals surface area contributed by atoms with Gasteiger partial charge in [0.15, 0.2) is 0 Å². The van der Waals surface area contributed by atoms with Crippen LogP contribution in [0.3, 0.4) is 0 Å². The van der Waals surface area contributed by atoms with E-state index >= 15 is 0 Å². The van der Waals surface area contributed by atoms with Gasteiger partial charge >= 0.3 is 5.97 Å². The highest BCUT2D eigenvalue weighted by molar-refractivity contribution is 7.99. The standard InChI is InChI=1S/C12H15NO2S/c1-15-12(14)9-13-6-7-16-11-5-3-2-4-10(11)8-13/h2-5H,6-9H2,1H3. The number of fused-ring (bicyclic) bond motifs is 1. The number of esters is 1. The molecule has 0 radical (unpaired) electrons. The molecule has 0 N–H and O–H groups in total. The number of rotatable bonds is 2. The average Bonchev–Trinajstić information content (AvgIpc) is 2.50. The molecular formula is C12H15NO2S. The number of carbonyl (C=O) groups excluding carboxylic acids is 1. The summed E-state index contributed by atoms with van der Waals surface area (Å²) >= 11 is 1.85. The number of hydrogen-bond acceptors (Lipinski definition) is 4. The maximum absolute atomic E-state index is 11.2. The van der Waals surface area contributed by atoms with Gasteiger partial charge in [-0.2, -0.15) is 0 Å². The highest BCUT2D eigenvalue weighted by atomic mass is 32.2. The summed E-state index contributed by atoms with van der Waals surface area (Å²) in [6.45, 7) is 2.14. The number of methoxy groups -OCH3 is 1. The van der Waals surface area contributed by atoms with E-state index in [2.05, 4.69) is 23.1 Å². The van der Waals surface area contributed by atoms with Crippen LogP contribution in [0.15, 0.2) is 29.2 Å². The lowest BCUT2D eigenvalue weighted by Gasteiger charge is -2.18. The van der Waals surface area contributed by atoms with E-state index in [1.54, 1.807) is 0 Å². The van der Waals surface area contributed by atoms with Crippen molar-refractivity contribution in [3.05, 3.63) is 29.8 Å². The summed E-state index contributed by atoms with van der Waals surface area (Å²) in [5, 5.41) is 0. The summed E-state index contributed by atoms with van der Waals surface area (Å²) in [7, 11) is 1.43. The van der Waals surface area contributed by atoms with Crippen molar-refractivity contribution in [1.29, 1.82) is 0 Å². The van der Waals surface area contributed by atoms with Gasteiger partial charge in [-0.25, -0.2) is 0 Å². The van der Waals surface area contributed by atoms with E-state index in [0.29, 0.717) is 6.54 Å². The molecule has 86 valence electrons. The topological polar surface area (TPSA) is 29.5 Å². The van der Waals surface area contributed by atoms with Gasteiger partial charge < -0.3 is 4.74 Å². The minimum absolute atomic E-state index is 0.163. The smallest absolute Gasteiger partial charge is 0.319 e. The van der Waals surface area contributed by atoms with Gasteiger partial charge in [-0.15, -0.1) is 11.8 Å². The van der Waals surface area contributed by atoms with Crippen LogP contribution in [0.4, 0.5) is 0 Å². The van der Waals surface area contributed by atoms with Crippen LogP contribution in [0.2, 0.25) is 0 Å². The molecule has 1 heterocycles. The molecule has 1 aliphatic heterocycles. The molecule has 1 aromatic carbocycles. The molecule has 0 bridgehead atoms. The third-order valence-corrected chi connectivity index (χ3v) is 3.71. The largest absolute Gasteiger partial charge is 0.468 e. The molecule has 0 fully saturated rings. The molecule has 0 amide bonds. The summed E-state index contributed by atoms with van der Waals surface area (Å²) in [5.74, 6) is 0.859. The maximum atomic E-state index is 11.2. The van der Waals surface area contributed by atoms with Crippen molar-refractivity contribution < 1.29 is 9.53 Å². The Balaban J connectivity index is 2.07. The first-order valence-corrected chi connectivity index (χ1v) is 6.28. The number of hydrogen-bond donors (Lipinski definition) is 0. The molecule has 0 saturated heterocycles. The number of ether oxygens (including phenoxy) is 1. The molecule has 0 aromatic heterocycles. The first-order chi connectivity index (χ1) is 7.79. The lowest BCUT2D eigenvalue weighted by molar-refractivity contribution is -0.142. The van der Waals surface area contributed by atoms with Crippen molar-refractivity contribution in [3.63, 3.8) is 0 Å². The van der Waals surface area contributed by atoms with Crippen LogP contribution in [0.25, 0.3) is 0 Å². The van der Waals surface area contributed by atoms with Gasteiger partial charge in [-0.05, 0) is 11.6 Å². The first kappa shape index (κ1) is 11.5. The summed E-state index contributed by atoms with van der Waals surface area (Å²) in [6, 6.07) is 8.36. The minimum Gasteiger partial charge on any atom is -0.468 e. The van der Waals surface area contributed by atoms with Gasteiger partial charge in [-0.3, -0.25) is 9.69 Å². The Morgan fingerprint density at radius 2 is 2.31 bits per heavy atom. The third-order valence-electron chi connectivity index (χ3n) is 2.61. The minimum atomic E-state index is -0.163. The number of benzene rings is 1. The Morgan fingerprint density at radius 3 is 3.12 bits per heavy atom. The Labute approximate surface area is 99.8 Å². The summed E-state index contributed by atoms with van der Waals surface area (Å²) in [6.07, 6.45) is 0. The van der Waals surface area contributed by atoms with E-state index in [0.717, 1.165) is 18.8 Å². The Bertz CT molecular complexity index is 381. The normalized spacial score (nSPS) is 16.3. The zero-order valence-corrected chi connectivity index (χ0v) is 10.1. The van der Waals surface area contributed by atoms with Crippen LogP contribution >= 0.6 is 11.8 Å². The lowest BCUT2D eigenvalue weighted by Crippen LogP contribution is -2.31. The van der Waals surface area contributed by atoms with Crippen LogP contribution in [0.5, 0.6) is 0 Å². The van der Waals surface area contributed by atoms with Gasteiger partial charge in [0.25, 0.3) is 0 Å². The number of thioether (sulfide) groups is 1. The highest BCUT2D eigenvalue weighted by Crippen LogP contribution is 2.26. The molecule has 2 rings (SSSR count). The monoisotopic (exact) mass is 237 g/mol. The highest BCUT2D eigenvalue weighted by Gasteiger charge is 2.16. The summed E-state index contributed by atoms with van der Waals surface area (Å²) in [4.78, 5) is 14.7.